The van der Waals surface area contributed by atoms with Crippen LogP contribution in [0.2, 0.25) is 0 Å². The fourth-order valence-corrected chi connectivity index (χ4v) is 6.23. The van der Waals surface area contributed by atoms with Gasteiger partial charge in [-0.3, -0.25) is 19.2 Å². The number of hydrogen-bond donors (Lipinski definition) is 1. The molecule has 1 N–H and O–H groups in total. The minimum atomic E-state index is -3.87. The number of rotatable bonds is 6. The van der Waals surface area contributed by atoms with Gasteiger partial charge in [-0.05, 0) is 57.9 Å². The predicted molar refractivity (Wildman–Crippen MR) is 134 cm³/mol. The highest BCUT2D eigenvalue weighted by molar-refractivity contribution is 8.15. The fourth-order valence-electron chi connectivity index (χ4n) is 3.90. The molecule has 0 saturated carbocycles. The maximum atomic E-state index is 13.8. The van der Waals surface area contributed by atoms with E-state index in [1.165, 1.54) is 4.31 Å². The number of thioether (sulfide) groups is 1. The number of fused-ring (bicyclic) bond motifs is 1. The van der Waals surface area contributed by atoms with Crippen LogP contribution in [0.3, 0.4) is 0 Å². The molecule has 170 valence electrons. The summed E-state index contributed by atoms with van der Waals surface area (Å²) in [6, 6.07) is 28.8. The lowest BCUT2D eigenvalue weighted by Gasteiger charge is -2.25. The Morgan fingerprint density at radius 3 is 2.15 bits per heavy atom. The zero-order valence-electron chi connectivity index (χ0n) is 17.9. The van der Waals surface area contributed by atoms with Crippen LogP contribution < -0.4 is 9.62 Å². The van der Waals surface area contributed by atoms with Crippen LogP contribution in [-0.2, 0) is 21.4 Å². The number of nitrogens with one attached hydrogen (secondary N) is 1. The van der Waals surface area contributed by atoms with Gasteiger partial charge in [-0.15, -0.1) is 0 Å². The first-order valence-electron chi connectivity index (χ1n) is 10.6. The van der Waals surface area contributed by atoms with Gasteiger partial charge in [0.05, 0.1) is 17.1 Å². The lowest BCUT2D eigenvalue weighted by molar-refractivity contribution is -0.119. The van der Waals surface area contributed by atoms with Crippen LogP contribution in [0.25, 0.3) is 10.8 Å². The van der Waals surface area contributed by atoms with E-state index in [-0.39, 0.29) is 22.6 Å². The van der Waals surface area contributed by atoms with Crippen molar-refractivity contribution < 1.29 is 18.0 Å². The summed E-state index contributed by atoms with van der Waals surface area (Å²) in [6.07, 6.45) is 0. The average Bonchev–Trinajstić information content (AvgIpc) is 3.20. The highest BCUT2D eigenvalue weighted by Crippen LogP contribution is 2.34. The summed E-state index contributed by atoms with van der Waals surface area (Å²) in [5.41, 5.74) is 2.00. The van der Waals surface area contributed by atoms with Crippen molar-refractivity contribution in [3.8, 4) is 0 Å². The maximum Gasteiger partial charge on any atom is 0.286 e. The third-order valence-corrected chi connectivity index (χ3v) is 8.46. The van der Waals surface area contributed by atoms with Crippen molar-refractivity contribution in [1.29, 1.82) is 0 Å². The van der Waals surface area contributed by atoms with Gasteiger partial charge in [0.2, 0.25) is 5.91 Å². The molecule has 1 atom stereocenters. The number of benzene rings is 4. The van der Waals surface area contributed by atoms with Crippen molar-refractivity contribution in [2.45, 2.75) is 16.7 Å². The fraction of sp³-hybridized carbons (Fsp3) is 0.0769. The van der Waals surface area contributed by atoms with Crippen LogP contribution in [0, 0.1) is 0 Å². The number of nitrogens with zero attached hydrogens (tertiary/aromatic N) is 1. The molecule has 1 aliphatic rings. The molecule has 34 heavy (non-hydrogen) atoms. The van der Waals surface area contributed by atoms with Crippen LogP contribution in [0.15, 0.2) is 102 Å². The van der Waals surface area contributed by atoms with E-state index < -0.39 is 15.3 Å². The summed E-state index contributed by atoms with van der Waals surface area (Å²) in [6.45, 7) is 0.113. The lowest BCUT2D eigenvalue weighted by atomic mass is 10.1. The van der Waals surface area contributed by atoms with Crippen molar-refractivity contribution >= 4 is 49.4 Å². The quantitative estimate of drug-likeness (QED) is 0.400. The molecule has 6 nitrogen and oxygen atoms in total. The van der Waals surface area contributed by atoms with E-state index in [4.69, 9.17) is 0 Å². The Morgan fingerprint density at radius 1 is 0.794 bits per heavy atom. The summed E-state index contributed by atoms with van der Waals surface area (Å²) in [5.74, 6) is -0.340. The average molecular weight is 489 g/mol. The molecule has 0 radical (unpaired) electrons. The van der Waals surface area contributed by atoms with Crippen LogP contribution in [0.4, 0.5) is 10.5 Å². The van der Waals surface area contributed by atoms with Gasteiger partial charge in [0.15, 0.2) is 0 Å². The number of amides is 2. The Morgan fingerprint density at radius 2 is 1.47 bits per heavy atom. The standard InChI is InChI=1S/C26H20N2O4S2/c29-25-24(33-26(30)27-25)20-12-10-18(11-13-20)17-28(22-8-2-1-3-9-22)34(31,32)23-15-14-19-6-4-5-7-21(19)16-23/h1-16,24H,17H2,(H,27,29,30). The first kappa shape index (κ1) is 22.2. The van der Waals surface area contributed by atoms with Crippen LogP contribution in [-0.4, -0.2) is 19.6 Å². The van der Waals surface area contributed by atoms with Gasteiger partial charge in [0.25, 0.3) is 15.3 Å². The van der Waals surface area contributed by atoms with E-state index in [1.54, 1.807) is 60.7 Å². The molecular formula is C26H20N2O4S2. The molecule has 4 aromatic carbocycles. The second-order valence-electron chi connectivity index (χ2n) is 7.87. The summed E-state index contributed by atoms with van der Waals surface area (Å²) in [5, 5.41) is 3.15. The van der Waals surface area contributed by atoms with Gasteiger partial charge in [-0.25, -0.2) is 8.42 Å². The molecule has 8 heteroatoms. The Hall–Kier alpha value is -3.62. The van der Waals surface area contributed by atoms with Gasteiger partial charge < -0.3 is 0 Å². The molecule has 1 fully saturated rings. The molecule has 1 unspecified atom stereocenters. The number of hydrogen-bond acceptors (Lipinski definition) is 5. The van der Waals surface area contributed by atoms with Crippen LogP contribution >= 0.6 is 11.8 Å². The lowest BCUT2D eigenvalue weighted by Crippen LogP contribution is -2.30. The zero-order chi connectivity index (χ0) is 23.7. The predicted octanol–water partition coefficient (Wildman–Crippen LogP) is 5.26. The Kier molecular flexibility index (Phi) is 5.85. The van der Waals surface area contributed by atoms with Gasteiger partial charge in [0, 0.05) is 0 Å². The summed E-state index contributed by atoms with van der Waals surface area (Å²) in [7, 11) is -3.87. The molecule has 0 aliphatic carbocycles. The van der Waals surface area contributed by atoms with Crippen molar-refractivity contribution in [1.82, 2.24) is 5.32 Å². The molecule has 0 aromatic heterocycles. The number of carbonyl (C=O) groups is 2. The maximum absolute atomic E-state index is 13.8. The first-order valence-corrected chi connectivity index (χ1v) is 12.9. The Bertz CT molecular complexity index is 1490. The molecule has 1 heterocycles. The van der Waals surface area contributed by atoms with Crippen LogP contribution in [0.1, 0.15) is 16.4 Å². The molecule has 0 bridgehead atoms. The Labute approximate surface area is 201 Å². The van der Waals surface area contributed by atoms with Crippen LogP contribution in [0.5, 0.6) is 0 Å². The molecule has 1 saturated heterocycles. The van der Waals surface area contributed by atoms with E-state index in [2.05, 4.69) is 5.32 Å². The number of para-hydroxylation sites is 1. The topological polar surface area (TPSA) is 83.6 Å². The SMILES string of the molecule is O=C1NC(=O)C(c2ccc(CN(c3ccccc3)S(=O)(=O)c3ccc4ccccc4c3)cc2)S1. The first-order chi connectivity index (χ1) is 16.4. The summed E-state index contributed by atoms with van der Waals surface area (Å²) >= 11 is 0.940. The minimum absolute atomic E-state index is 0.113. The van der Waals surface area contributed by atoms with E-state index in [9.17, 15) is 18.0 Å². The number of anilines is 1. The van der Waals surface area contributed by atoms with E-state index in [0.29, 0.717) is 11.3 Å². The normalized spacial score (nSPS) is 15.9. The van der Waals surface area contributed by atoms with Gasteiger partial charge in [-0.1, -0.05) is 72.8 Å². The highest BCUT2D eigenvalue weighted by Gasteiger charge is 2.33. The Balaban J connectivity index is 1.49. The monoisotopic (exact) mass is 488 g/mol. The summed E-state index contributed by atoms with van der Waals surface area (Å²) < 4.78 is 28.9. The molecule has 2 amide bonds. The molecule has 4 aromatic rings. The molecule has 1 aliphatic heterocycles. The van der Waals surface area contributed by atoms with E-state index >= 15 is 0 Å². The highest BCUT2D eigenvalue weighted by atomic mass is 32.2. The number of carbonyl (C=O) groups excluding carboxylic acids is 2. The van der Waals surface area contributed by atoms with Crippen molar-refractivity contribution in [3.05, 3.63) is 108 Å². The zero-order valence-corrected chi connectivity index (χ0v) is 19.6. The van der Waals surface area contributed by atoms with Crippen molar-refractivity contribution in [2.24, 2.45) is 0 Å². The smallest absolute Gasteiger partial charge is 0.286 e. The minimum Gasteiger partial charge on any atom is -0.286 e. The second-order valence-corrected chi connectivity index (χ2v) is 10.8. The summed E-state index contributed by atoms with van der Waals surface area (Å²) in [4.78, 5) is 23.7. The van der Waals surface area contributed by atoms with Crippen molar-refractivity contribution in [3.63, 3.8) is 0 Å². The van der Waals surface area contributed by atoms with Gasteiger partial charge >= 0.3 is 0 Å². The third-order valence-electron chi connectivity index (χ3n) is 5.65. The van der Waals surface area contributed by atoms with Gasteiger partial charge in [-0.2, -0.15) is 0 Å². The molecule has 5 rings (SSSR count). The number of sulfonamides is 1. The second kappa shape index (κ2) is 8.96. The molecular weight excluding hydrogens is 468 g/mol. The van der Waals surface area contributed by atoms with E-state index in [1.807, 2.05) is 36.4 Å². The third kappa shape index (κ3) is 4.30. The largest absolute Gasteiger partial charge is 0.286 e. The van der Waals surface area contributed by atoms with E-state index in [0.717, 1.165) is 28.1 Å². The number of imide groups is 1. The van der Waals surface area contributed by atoms with Crippen molar-refractivity contribution in [2.75, 3.05) is 4.31 Å². The van der Waals surface area contributed by atoms with Gasteiger partial charge in [0.1, 0.15) is 5.25 Å². The molecule has 0 spiro atoms.